The molecule has 2 amide bonds. The Hall–Kier alpha value is -2.60. The second-order valence-corrected chi connectivity index (χ2v) is 7.57. The third-order valence-electron chi connectivity index (χ3n) is 5.42. The first kappa shape index (κ1) is 18.7. The minimum absolute atomic E-state index is 0.00872. The molecule has 1 saturated heterocycles. The van der Waals surface area contributed by atoms with Crippen LogP contribution in [-0.2, 0) is 16.0 Å². The van der Waals surface area contributed by atoms with Crippen molar-refractivity contribution in [1.82, 2.24) is 15.1 Å². The van der Waals surface area contributed by atoms with Crippen molar-refractivity contribution >= 4 is 28.9 Å². The Labute approximate surface area is 165 Å². The van der Waals surface area contributed by atoms with Gasteiger partial charge in [-0.3, -0.25) is 14.5 Å². The number of rotatable bonds is 6. The Bertz CT molecular complexity index is 890. The topological polar surface area (TPSA) is 65.8 Å². The lowest BCUT2D eigenvalue weighted by Gasteiger charge is -2.33. The van der Waals surface area contributed by atoms with Gasteiger partial charge in [0.25, 0.3) is 0 Å². The Morgan fingerprint density at radius 3 is 2.64 bits per heavy atom. The number of para-hydroxylation sites is 1. The number of piperazine rings is 1. The van der Waals surface area contributed by atoms with E-state index in [1.165, 1.54) is 0 Å². The summed E-state index contributed by atoms with van der Waals surface area (Å²) >= 11 is 0. The van der Waals surface area contributed by atoms with E-state index in [1.54, 1.807) is 6.08 Å². The quantitative estimate of drug-likeness (QED) is 0.781. The zero-order valence-corrected chi connectivity index (χ0v) is 16.3. The molecule has 1 saturated carbocycles. The first-order valence-corrected chi connectivity index (χ1v) is 10.1. The molecule has 0 atom stereocenters. The monoisotopic (exact) mass is 381 g/mol. The van der Waals surface area contributed by atoms with Gasteiger partial charge in [-0.15, -0.1) is 0 Å². The van der Waals surface area contributed by atoms with Crippen LogP contribution >= 0.6 is 0 Å². The van der Waals surface area contributed by atoms with Crippen LogP contribution < -0.4 is 5.32 Å². The molecule has 0 unspecified atom stereocenters. The smallest absolute Gasteiger partial charge is 0.246 e. The molecule has 1 aromatic carbocycles. The van der Waals surface area contributed by atoms with E-state index in [9.17, 15) is 9.59 Å². The van der Waals surface area contributed by atoms with Gasteiger partial charge in [0.15, 0.2) is 0 Å². The van der Waals surface area contributed by atoms with Crippen LogP contribution in [0.1, 0.15) is 31.1 Å². The number of nitrogens with one attached hydrogen (secondary N) is 1. The number of amides is 2. The number of benzene rings is 1. The zero-order valence-electron chi connectivity index (χ0n) is 16.3. The van der Waals surface area contributed by atoms with E-state index in [4.69, 9.17) is 4.42 Å². The molecule has 2 fully saturated rings. The molecule has 0 radical (unpaired) electrons. The molecule has 1 aliphatic heterocycles. The van der Waals surface area contributed by atoms with Gasteiger partial charge >= 0.3 is 0 Å². The highest BCUT2D eigenvalue weighted by atomic mass is 16.3. The van der Waals surface area contributed by atoms with Crippen molar-refractivity contribution in [3.8, 4) is 0 Å². The first-order chi connectivity index (χ1) is 13.6. The van der Waals surface area contributed by atoms with Crippen molar-refractivity contribution in [3.05, 3.63) is 41.7 Å². The zero-order chi connectivity index (χ0) is 19.5. The second-order valence-electron chi connectivity index (χ2n) is 7.57. The minimum atomic E-state index is 0.00872. The van der Waals surface area contributed by atoms with Crippen LogP contribution in [0.4, 0.5) is 0 Å². The molecule has 2 heterocycles. The third-order valence-corrected chi connectivity index (χ3v) is 5.42. The van der Waals surface area contributed by atoms with Crippen molar-refractivity contribution in [2.45, 2.75) is 32.2 Å². The summed E-state index contributed by atoms with van der Waals surface area (Å²) in [5, 5.41) is 4.05. The lowest BCUT2D eigenvalue weighted by molar-refractivity contribution is -0.128. The van der Waals surface area contributed by atoms with Crippen molar-refractivity contribution in [3.63, 3.8) is 0 Å². The molecule has 28 heavy (non-hydrogen) atoms. The van der Waals surface area contributed by atoms with E-state index in [-0.39, 0.29) is 11.8 Å². The number of fused-ring (bicyclic) bond motifs is 1. The fraction of sp³-hybridized carbons (Fsp3) is 0.455. The van der Waals surface area contributed by atoms with Gasteiger partial charge in [0, 0.05) is 55.7 Å². The number of hydrogen-bond acceptors (Lipinski definition) is 4. The largest absolute Gasteiger partial charge is 0.460 e. The summed E-state index contributed by atoms with van der Waals surface area (Å²) in [6.07, 6.45) is 6.51. The summed E-state index contributed by atoms with van der Waals surface area (Å²) in [6.45, 7) is 5.23. The van der Waals surface area contributed by atoms with Crippen molar-refractivity contribution in [2.75, 3.05) is 32.7 Å². The average molecular weight is 381 g/mol. The SMILES string of the molecule is CCc1oc2ccccc2c1/C=C/C(=O)N1CCN(CC(=O)NC2CC2)CC1. The molecule has 0 spiro atoms. The van der Waals surface area contributed by atoms with Crippen LogP contribution in [0.25, 0.3) is 17.0 Å². The maximum atomic E-state index is 12.6. The fourth-order valence-corrected chi connectivity index (χ4v) is 3.65. The lowest BCUT2D eigenvalue weighted by atomic mass is 10.1. The van der Waals surface area contributed by atoms with E-state index < -0.39 is 0 Å². The second kappa shape index (κ2) is 8.19. The highest BCUT2D eigenvalue weighted by Crippen LogP contribution is 2.27. The summed E-state index contributed by atoms with van der Waals surface area (Å²) in [7, 11) is 0. The lowest BCUT2D eigenvalue weighted by Crippen LogP contribution is -2.51. The summed E-state index contributed by atoms with van der Waals surface area (Å²) in [6, 6.07) is 8.30. The van der Waals surface area contributed by atoms with E-state index in [0.717, 1.165) is 54.6 Å². The van der Waals surface area contributed by atoms with Crippen molar-refractivity contribution in [1.29, 1.82) is 0 Å². The molecule has 2 aromatic rings. The fourth-order valence-electron chi connectivity index (χ4n) is 3.65. The number of carbonyl (C=O) groups excluding carboxylic acids is 2. The van der Waals surface area contributed by atoms with Crippen LogP contribution in [0.2, 0.25) is 0 Å². The van der Waals surface area contributed by atoms with Crippen molar-refractivity contribution in [2.24, 2.45) is 0 Å². The van der Waals surface area contributed by atoms with Crippen LogP contribution in [0.3, 0.4) is 0 Å². The Morgan fingerprint density at radius 1 is 1.18 bits per heavy atom. The summed E-state index contributed by atoms with van der Waals surface area (Å²) in [5.74, 6) is 1.01. The Morgan fingerprint density at radius 2 is 1.93 bits per heavy atom. The number of furan rings is 1. The van der Waals surface area contributed by atoms with Gasteiger partial charge < -0.3 is 14.6 Å². The van der Waals surface area contributed by atoms with Gasteiger partial charge in [-0.25, -0.2) is 0 Å². The normalized spacial score (nSPS) is 18.1. The molecule has 1 N–H and O–H groups in total. The summed E-state index contributed by atoms with van der Waals surface area (Å²) in [5.41, 5.74) is 1.84. The summed E-state index contributed by atoms with van der Waals surface area (Å²) in [4.78, 5) is 28.5. The molecule has 0 bridgehead atoms. The van der Waals surface area contributed by atoms with E-state index in [2.05, 4.69) is 17.1 Å². The van der Waals surface area contributed by atoms with Crippen LogP contribution in [0.5, 0.6) is 0 Å². The van der Waals surface area contributed by atoms with Gasteiger partial charge in [0.1, 0.15) is 11.3 Å². The van der Waals surface area contributed by atoms with Gasteiger partial charge in [-0.2, -0.15) is 0 Å². The predicted octanol–water partition coefficient (Wildman–Crippen LogP) is 2.43. The predicted molar refractivity (Wildman–Crippen MR) is 109 cm³/mol. The van der Waals surface area contributed by atoms with Gasteiger partial charge in [0.05, 0.1) is 6.54 Å². The van der Waals surface area contributed by atoms with E-state index >= 15 is 0 Å². The molecular weight excluding hydrogens is 354 g/mol. The van der Waals surface area contributed by atoms with E-state index in [1.807, 2.05) is 35.2 Å². The molecule has 4 rings (SSSR count). The van der Waals surface area contributed by atoms with Gasteiger partial charge in [-0.1, -0.05) is 25.1 Å². The van der Waals surface area contributed by atoms with Gasteiger partial charge in [-0.05, 0) is 25.0 Å². The average Bonchev–Trinajstić information content (AvgIpc) is 3.44. The number of nitrogens with zero attached hydrogens (tertiary/aromatic N) is 2. The van der Waals surface area contributed by atoms with Crippen LogP contribution in [-0.4, -0.2) is 60.4 Å². The van der Waals surface area contributed by atoms with Gasteiger partial charge in [0.2, 0.25) is 11.8 Å². The molecular formula is C22H27N3O3. The third kappa shape index (κ3) is 4.28. The standard InChI is InChI=1S/C22H27N3O3/c1-2-19-18(17-5-3-4-6-20(17)28-19)9-10-22(27)25-13-11-24(12-14-25)15-21(26)23-16-7-8-16/h3-6,9-10,16H,2,7-8,11-15H2,1H3,(H,23,26)/b10-9+. The molecule has 6 heteroatoms. The van der Waals surface area contributed by atoms with E-state index in [0.29, 0.717) is 25.7 Å². The number of carbonyl (C=O) groups is 2. The highest BCUT2D eigenvalue weighted by Gasteiger charge is 2.26. The maximum Gasteiger partial charge on any atom is 0.246 e. The highest BCUT2D eigenvalue weighted by molar-refractivity contribution is 5.96. The molecule has 1 aliphatic carbocycles. The maximum absolute atomic E-state index is 12.6. The molecule has 2 aliphatic rings. The minimum Gasteiger partial charge on any atom is -0.460 e. The first-order valence-electron chi connectivity index (χ1n) is 10.1. The summed E-state index contributed by atoms with van der Waals surface area (Å²) < 4.78 is 5.89. The Kier molecular flexibility index (Phi) is 5.48. The molecule has 148 valence electrons. The van der Waals surface area contributed by atoms with Crippen LogP contribution in [0.15, 0.2) is 34.8 Å². The molecule has 6 nitrogen and oxygen atoms in total. The van der Waals surface area contributed by atoms with Crippen molar-refractivity contribution < 1.29 is 14.0 Å². The number of hydrogen-bond donors (Lipinski definition) is 1. The Balaban J connectivity index is 1.34. The van der Waals surface area contributed by atoms with Crippen LogP contribution in [0, 0.1) is 0 Å². The molecule has 1 aromatic heterocycles. The number of aryl methyl sites for hydroxylation is 1.